The van der Waals surface area contributed by atoms with E-state index in [1.165, 1.54) is 4.90 Å². The Morgan fingerprint density at radius 1 is 1.44 bits per heavy atom. The van der Waals surface area contributed by atoms with Crippen molar-refractivity contribution in [3.63, 3.8) is 0 Å². The van der Waals surface area contributed by atoms with Gasteiger partial charge in [-0.2, -0.15) is 5.10 Å². The maximum absolute atomic E-state index is 5.77. The Bertz CT molecular complexity index is 451. The van der Waals surface area contributed by atoms with E-state index in [4.69, 9.17) is 5.73 Å². The van der Waals surface area contributed by atoms with Crippen molar-refractivity contribution in [3.8, 4) is 0 Å². The van der Waals surface area contributed by atoms with Gasteiger partial charge in [0.1, 0.15) is 0 Å². The van der Waals surface area contributed by atoms with Crippen LogP contribution >= 0.6 is 11.8 Å². The fourth-order valence-corrected chi connectivity index (χ4v) is 2.37. The summed E-state index contributed by atoms with van der Waals surface area (Å²) in [4.78, 5) is 1.26. The van der Waals surface area contributed by atoms with Crippen LogP contribution in [0.15, 0.2) is 41.6 Å². The second kappa shape index (κ2) is 5.07. The van der Waals surface area contributed by atoms with Crippen LogP contribution in [-0.4, -0.2) is 15.5 Å². The third-order valence-corrected chi connectivity index (χ3v) is 3.36. The third kappa shape index (κ3) is 2.79. The van der Waals surface area contributed by atoms with Gasteiger partial charge in [-0.1, -0.05) is 0 Å². The first-order valence-electron chi connectivity index (χ1n) is 5.22. The van der Waals surface area contributed by atoms with Crippen LogP contribution in [0.2, 0.25) is 0 Å². The van der Waals surface area contributed by atoms with Gasteiger partial charge in [-0.3, -0.25) is 4.68 Å². The number of nitrogens with zero attached hydrogens (tertiary/aromatic N) is 2. The molecule has 0 saturated carbocycles. The molecule has 0 unspecified atom stereocenters. The molecular weight excluding hydrogens is 218 g/mol. The lowest BCUT2D eigenvalue weighted by Gasteiger charge is -2.05. The molecule has 0 fully saturated rings. The van der Waals surface area contributed by atoms with Crippen molar-refractivity contribution < 1.29 is 0 Å². The van der Waals surface area contributed by atoms with E-state index in [1.54, 1.807) is 6.20 Å². The fourth-order valence-electron chi connectivity index (χ4n) is 1.43. The maximum Gasteiger partial charge on any atom is 0.0503 e. The van der Waals surface area contributed by atoms with Crippen molar-refractivity contribution in [2.24, 2.45) is 0 Å². The van der Waals surface area contributed by atoms with E-state index < -0.39 is 0 Å². The Morgan fingerprint density at radius 3 is 3.00 bits per heavy atom. The Hall–Kier alpha value is -1.42. The van der Waals surface area contributed by atoms with Gasteiger partial charge in [0.25, 0.3) is 0 Å². The van der Waals surface area contributed by atoms with E-state index in [1.807, 2.05) is 41.7 Å². The highest BCUT2D eigenvalue weighted by atomic mass is 32.2. The van der Waals surface area contributed by atoms with Crippen LogP contribution in [0.3, 0.4) is 0 Å². The van der Waals surface area contributed by atoms with Crippen LogP contribution in [-0.2, 0) is 6.54 Å². The molecule has 2 rings (SSSR count). The molecule has 4 heteroatoms. The minimum absolute atomic E-state index is 0.858. The molecule has 1 heterocycles. The van der Waals surface area contributed by atoms with Gasteiger partial charge >= 0.3 is 0 Å². The summed E-state index contributed by atoms with van der Waals surface area (Å²) in [7, 11) is 0. The molecule has 0 aliphatic heterocycles. The number of anilines is 1. The van der Waals surface area contributed by atoms with E-state index >= 15 is 0 Å². The Balaban J connectivity index is 1.87. The Labute approximate surface area is 99.7 Å². The second-order valence-electron chi connectivity index (χ2n) is 3.64. The molecule has 0 aliphatic rings. The zero-order valence-corrected chi connectivity index (χ0v) is 10.1. The van der Waals surface area contributed by atoms with E-state index in [-0.39, 0.29) is 0 Å². The van der Waals surface area contributed by atoms with Crippen LogP contribution in [0, 0.1) is 6.92 Å². The number of benzene rings is 1. The third-order valence-electron chi connectivity index (χ3n) is 2.39. The average molecular weight is 233 g/mol. The summed E-state index contributed by atoms with van der Waals surface area (Å²) < 4.78 is 1.94. The lowest BCUT2D eigenvalue weighted by molar-refractivity contribution is 0.666. The van der Waals surface area contributed by atoms with Crippen molar-refractivity contribution in [2.75, 3.05) is 11.5 Å². The Kier molecular flexibility index (Phi) is 3.51. The molecule has 0 saturated heterocycles. The number of aromatic nitrogens is 2. The molecule has 3 nitrogen and oxygen atoms in total. The van der Waals surface area contributed by atoms with Gasteiger partial charge in [-0.25, -0.2) is 0 Å². The fraction of sp³-hybridized carbons (Fsp3) is 0.250. The lowest BCUT2D eigenvalue weighted by Crippen LogP contribution is -2.00. The van der Waals surface area contributed by atoms with Crippen molar-refractivity contribution in [2.45, 2.75) is 18.4 Å². The van der Waals surface area contributed by atoms with E-state index in [0.29, 0.717) is 0 Å². The van der Waals surface area contributed by atoms with Crippen LogP contribution in [0.4, 0.5) is 5.69 Å². The number of aryl methyl sites for hydroxylation is 2. The van der Waals surface area contributed by atoms with Crippen LogP contribution in [0.25, 0.3) is 0 Å². The van der Waals surface area contributed by atoms with Gasteiger partial charge in [-0.15, -0.1) is 11.8 Å². The van der Waals surface area contributed by atoms with E-state index in [0.717, 1.165) is 23.5 Å². The number of rotatable bonds is 4. The highest BCUT2D eigenvalue weighted by Gasteiger charge is 1.98. The van der Waals surface area contributed by atoms with Gasteiger partial charge in [-0.05, 0) is 36.8 Å². The zero-order valence-electron chi connectivity index (χ0n) is 9.26. The molecule has 0 atom stereocenters. The highest BCUT2D eigenvalue weighted by Crippen LogP contribution is 2.22. The topological polar surface area (TPSA) is 43.8 Å². The molecule has 1 aromatic carbocycles. The van der Waals surface area contributed by atoms with E-state index in [9.17, 15) is 0 Å². The first kappa shape index (κ1) is 11.1. The van der Waals surface area contributed by atoms with Gasteiger partial charge in [0, 0.05) is 28.7 Å². The number of thioether (sulfide) groups is 1. The minimum atomic E-state index is 0.858. The molecular formula is C12H15N3S. The van der Waals surface area contributed by atoms with Gasteiger partial charge < -0.3 is 5.73 Å². The molecule has 0 aliphatic carbocycles. The lowest BCUT2D eigenvalue weighted by atomic mass is 10.2. The average Bonchev–Trinajstić information content (AvgIpc) is 2.76. The van der Waals surface area contributed by atoms with Crippen LogP contribution < -0.4 is 5.73 Å². The smallest absolute Gasteiger partial charge is 0.0503 e. The summed E-state index contributed by atoms with van der Waals surface area (Å²) >= 11 is 1.83. The van der Waals surface area contributed by atoms with Crippen LogP contribution in [0.5, 0.6) is 0 Å². The molecule has 2 N–H and O–H groups in total. The first-order valence-corrected chi connectivity index (χ1v) is 6.20. The summed E-state index contributed by atoms with van der Waals surface area (Å²) in [5.74, 6) is 1.02. The SMILES string of the molecule is Cc1cc(SCCn2cccn2)ccc1N. The van der Waals surface area contributed by atoms with Gasteiger partial charge in [0.05, 0.1) is 6.54 Å². The van der Waals surface area contributed by atoms with Gasteiger partial charge in [0.15, 0.2) is 0 Å². The quantitative estimate of drug-likeness (QED) is 0.652. The summed E-state index contributed by atoms with van der Waals surface area (Å²) in [6.07, 6.45) is 3.78. The van der Waals surface area contributed by atoms with Crippen molar-refractivity contribution >= 4 is 17.4 Å². The highest BCUT2D eigenvalue weighted by molar-refractivity contribution is 7.99. The molecule has 0 bridgehead atoms. The number of nitrogens with two attached hydrogens (primary N) is 1. The first-order chi connectivity index (χ1) is 7.75. The van der Waals surface area contributed by atoms with Crippen molar-refractivity contribution in [1.29, 1.82) is 0 Å². The van der Waals surface area contributed by atoms with Crippen LogP contribution in [0.1, 0.15) is 5.56 Å². The van der Waals surface area contributed by atoms with E-state index in [2.05, 4.69) is 17.2 Å². The van der Waals surface area contributed by atoms with Gasteiger partial charge in [0.2, 0.25) is 0 Å². The summed E-state index contributed by atoms with van der Waals surface area (Å²) in [6.45, 7) is 2.97. The standard InChI is InChI=1S/C12H15N3S/c1-10-9-11(3-4-12(10)13)16-8-7-15-6-2-5-14-15/h2-6,9H,7-8,13H2,1H3. The summed E-state index contributed by atoms with van der Waals surface area (Å²) in [6, 6.07) is 8.10. The molecule has 2 aromatic rings. The number of hydrogen-bond donors (Lipinski definition) is 1. The molecule has 16 heavy (non-hydrogen) atoms. The number of nitrogen functional groups attached to an aromatic ring is 1. The molecule has 0 spiro atoms. The molecule has 0 radical (unpaired) electrons. The van der Waals surface area contributed by atoms with Crippen molar-refractivity contribution in [3.05, 3.63) is 42.2 Å². The molecule has 84 valence electrons. The second-order valence-corrected chi connectivity index (χ2v) is 4.80. The maximum atomic E-state index is 5.77. The predicted molar refractivity (Wildman–Crippen MR) is 68.5 cm³/mol. The largest absolute Gasteiger partial charge is 0.399 e. The summed E-state index contributed by atoms with van der Waals surface area (Å²) in [5, 5.41) is 4.16. The Morgan fingerprint density at radius 2 is 2.31 bits per heavy atom. The van der Waals surface area contributed by atoms with Crippen molar-refractivity contribution in [1.82, 2.24) is 9.78 Å². The molecule has 1 aromatic heterocycles. The zero-order chi connectivity index (χ0) is 11.4. The minimum Gasteiger partial charge on any atom is -0.399 e. The number of hydrogen-bond acceptors (Lipinski definition) is 3. The monoisotopic (exact) mass is 233 g/mol. The normalized spacial score (nSPS) is 10.6. The molecule has 0 amide bonds. The predicted octanol–water partition coefficient (Wildman–Crippen LogP) is 2.57. The summed E-state index contributed by atoms with van der Waals surface area (Å²) in [5.41, 5.74) is 7.77.